The Bertz CT molecular complexity index is 811. The van der Waals surface area contributed by atoms with Crippen LogP contribution in [0.3, 0.4) is 0 Å². The van der Waals surface area contributed by atoms with E-state index in [0.717, 1.165) is 49.7 Å². The van der Waals surface area contributed by atoms with Gasteiger partial charge in [-0.15, -0.1) is 0 Å². The number of aromatic nitrogens is 1. The quantitative estimate of drug-likeness (QED) is 0.684. The minimum Gasteiger partial charge on any atom is -0.459 e. The van der Waals surface area contributed by atoms with Crippen LogP contribution in [0.25, 0.3) is 0 Å². The van der Waals surface area contributed by atoms with Crippen LogP contribution in [0.15, 0.2) is 36.5 Å². The van der Waals surface area contributed by atoms with E-state index >= 15 is 0 Å². The van der Waals surface area contributed by atoms with E-state index in [1.807, 2.05) is 31.3 Å². The molecule has 2 fully saturated rings. The van der Waals surface area contributed by atoms with Gasteiger partial charge in [-0.2, -0.15) is 0 Å². The first-order valence-electron chi connectivity index (χ1n) is 8.95. The summed E-state index contributed by atoms with van der Waals surface area (Å²) in [7, 11) is 0. The summed E-state index contributed by atoms with van der Waals surface area (Å²) in [6.45, 7) is 6.54. The lowest BCUT2D eigenvalue weighted by Gasteiger charge is -2.46. The standard InChI is InChI=1S/C20H21Cl2N3O2/c1-20(27-13-26)11-24(12-20)8-14-5-6-18(23-7-14)15-9-25(10-15)19-16(21)3-2-4-17(19)22/h2-7,13,15H,8-12H2,1H3. The molecule has 0 atom stereocenters. The van der Waals surface area contributed by atoms with Gasteiger partial charge in [-0.25, -0.2) is 0 Å². The van der Waals surface area contributed by atoms with Gasteiger partial charge in [0, 0.05) is 50.5 Å². The number of pyridine rings is 1. The van der Waals surface area contributed by atoms with Gasteiger partial charge in [0.05, 0.1) is 15.7 Å². The van der Waals surface area contributed by atoms with Gasteiger partial charge >= 0.3 is 0 Å². The summed E-state index contributed by atoms with van der Waals surface area (Å²) in [6, 6.07) is 9.82. The number of para-hydroxylation sites is 1. The summed E-state index contributed by atoms with van der Waals surface area (Å²) in [6.07, 6.45) is 1.94. The number of hydrogen-bond acceptors (Lipinski definition) is 5. The molecular formula is C20H21Cl2N3O2. The van der Waals surface area contributed by atoms with E-state index in [1.165, 1.54) is 0 Å². The average molecular weight is 406 g/mol. The number of hydrogen-bond donors (Lipinski definition) is 0. The highest BCUT2D eigenvalue weighted by Gasteiger charge is 2.40. The molecule has 2 aliphatic heterocycles. The summed E-state index contributed by atoms with van der Waals surface area (Å²) in [5.74, 6) is 0.389. The molecule has 5 nitrogen and oxygen atoms in total. The highest BCUT2D eigenvalue weighted by atomic mass is 35.5. The van der Waals surface area contributed by atoms with E-state index < -0.39 is 0 Å². The fraction of sp³-hybridized carbons (Fsp3) is 0.400. The van der Waals surface area contributed by atoms with Gasteiger partial charge in [0.2, 0.25) is 0 Å². The fourth-order valence-corrected chi connectivity index (χ4v) is 4.51. The van der Waals surface area contributed by atoms with Crippen molar-refractivity contribution in [2.24, 2.45) is 0 Å². The maximum Gasteiger partial charge on any atom is 0.293 e. The van der Waals surface area contributed by atoms with Crippen LogP contribution in [0.4, 0.5) is 5.69 Å². The molecule has 0 radical (unpaired) electrons. The maximum absolute atomic E-state index is 10.5. The summed E-state index contributed by atoms with van der Waals surface area (Å²) in [4.78, 5) is 19.6. The predicted molar refractivity (Wildman–Crippen MR) is 106 cm³/mol. The number of ether oxygens (including phenoxy) is 1. The van der Waals surface area contributed by atoms with E-state index in [2.05, 4.69) is 26.9 Å². The van der Waals surface area contributed by atoms with Crippen LogP contribution in [0.1, 0.15) is 24.1 Å². The van der Waals surface area contributed by atoms with Gasteiger partial charge in [-0.05, 0) is 30.7 Å². The van der Waals surface area contributed by atoms with Crippen LogP contribution in [-0.2, 0) is 16.1 Å². The Kier molecular flexibility index (Phi) is 5.01. The molecule has 3 heterocycles. The van der Waals surface area contributed by atoms with Crippen LogP contribution in [0.5, 0.6) is 0 Å². The third-order valence-electron chi connectivity index (χ3n) is 5.26. The zero-order valence-electron chi connectivity index (χ0n) is 15.1. The van der Waals surface area contributed by atoms with Crippen molar-refractivity contribution in [3.05, 3.63) is 57.8 Å². The van der Waals surface area contributed by atoms with Crippen LogP contribution in [0.2, 0.25) is 10.0 Å². The number of anilines is 1. The van der Waals surface area contributed by atoms with Gasteiger partial charge in [0.1, 0.15) is 5.60 Å². The minimum atomic E-state index is -0.343. The first-order valence-corrected chi connectivity index (χ1v) is 9.71. The lowest BCUT2D eigenvalue weighted by atomic mass is 9.94. The second-order valence-corrected chi connectivity index (χ2v) is 8.39. The van der Waals surface area contributed by atoms with E-state index in [9.17, 15) is 4.79 Å². The first kappa shape index (κ1) is 18.5. The van der Waals surface area contributed by atoms with Gasteiger partial charge in [-0.3, -0.25) is 14.7 Å². The van der Waals surface area contributed by atoms with Crippen LogP contribution < -0.4 is 4.90 Å². The molecule has 0 spiro atoms. The highest BCUT2D eigenvalue weighted by Crippen LogP contribution is 2.39. The number of carbonyl (C=O) groups is 1. The molecule has 1 aromatic heterocycles. The fourth-order valence-electron chi connectivity index (χ4n) is 3.87. The van der Waals surface area contributed by atoms with Crippen molar-refractivity contribution in [2.45, 2.75) is 25.0 Å². The minimum absolute atomic E-state index is 0.343. The maximum atomic E-state index is 10.5. The summed E-state index contributed by atoms with van der Waals surface area (Å²) in [5, 5.41) is 1.37. The van der Waals surface area contributed by atoms with Crippen molar-refractivity contribution in [1.29, 1.82) is 0 Å². The molecule has 4 rings (SSSR count). The molecule has 7 heteroatoms. The number of nitrogens with zero attached hydrogens (tertiary/aromatic N) is 3. The van der Waals surface area contributed by atoms with Gasteiger partial charge in [0.25, 0.3) is 6.47 Å². The number of rotatable bonds is 6. The zero-order chi connectivity index (χ0) is 19.0. The van der Waals surface area contributed by atoms with Crippen molar-refractivity contribution in [1.82, 2.24) is 9.88 Å². The third-order valence-corrected chi connectivity index (χ3v) is 5.87. The van der Waals surface area contributed by atoms with Crippen molar-refractivity contribution in [3.63, 3.8) is 0 Å². The molecule has 1 aromatic carbocycles. The summed E-state index contributed by atoms with van der Waals surface area (Å²) in [5.41, 5.74) is 2.82. The van der Waals surface area contributed by atoms with E-state index in [1.54, 1.807) is 0 Å². The van der Waals surface area contributed by atoms with Crippen LogP contribution in [-0.4, -0.2) is 48.1 Å². The lowest BCUT2D eigenvalue weighted by Crippen LogP contribution is -2.60. The molecule has 0 aliphatic carbocycles. The molecule has 2 saturated heterocycles. The van der Waals surface area contributed by atoms with Crippen molar-refractivity contribution < 1.29 is 9.53 Å². The second kappa shape index (κ2) is 7.30. The Balaban J connectivity index is 1.31. The molecule has 142 valence electrons. The smallest absolute Gasteiger partial charge is 0.293 e. The molecule has 0 N–H and O–H groups in total. The highest BCUT2D eigenvalue weighted by molar-refractivity contribution is 6.39. The molecule has 27 heavy (non-hydrogen) atoms. The van der Waals surface area contributed by atoms with Gasteiger partial charge in [-0.1, -0.05) is 35.3 Å². The molecule has 2 aromatic rings. The number of benzene rings is 1. The predicted octanol–water partition coefficient (Wildman–Crippen LogP) is 3.74. The van der Waals surface area contributed by atoms with E-state index in [0.29, 0.717) is 22.4 Å². The Morgan fingerprint density at radius 1 is 1.22 bits per heavy atom. The zero-order valence-corrected chi connectivity index (χ0v) is 16.6. The van der Waals surface area contributed by atoms with Gasteiger partial charge in [0.15, 0.2) is 0 Å². The molecule has 0 amide bonds. The Morgan fingerprint density at radius 3 is 2.52 bits per heavy atom. The summed E-state index contributed by atoms with van der Waals surface area (Å²) < 4.78 is 5.11. The Morgan fingerprint density at radius 2 is 1.93 bits per heavy atom. The van der Waals surface area contributed by atoms with Crippen molar-refractivity contribution >= 4 is 35.4 Å². The topological polar surface area (TPSA) is 45.7 Å². The Hall–Kier alpha value is -1.82. The third kappa shape index (κ3) is 3.77. The van der Waals surface area contributed by atoms with Crippen molar-refractivity contribution in [3.8, 4) is 0 Å². The normalized spacial score (nSPS) is 19.3. The monoisotopic (exact) mass is 405 g/mol. The van der Waals surface area contributed by atoms with E-state index in [4.69, 9.17) is 27.9 Å². The van der Waals surface area contributed by atoms with Gasteiger partial charge < -0.3 is 9.64 Å². The number of halogens is 2. The summed E-state index contributed by atoms with van der Waals surface area (Å²) >= 11 is 12.6. The second-order valence-electron chi connectivity index (χ2n) is 7.57. The first-order chi connectivity index (χ1) is 13.0. The van der Waals surface area contributed by atoms with Crippen molar-refractivity contribution in [2.75, 3.05) is 31.1 Å². The molecule has 0 bridgehead atoms. The molecule has 0 saturated carbocycles. The number of carbonyl (C=O) groups excluding carboxylic acids is 1. The largest absolute Gasteiger partial charge is 0.459 e. The molecular weight excluding hydrogens is 385 g/mol. The average Bonchev–Trinajstić information content (AvgIpc) is 2.56. The molecule has 2 aliphatic rings. The van der Waals surface area contributed by atoms with Crippen LogP contribution >= 0.6 is 23.2 Å². The molecule has 0 unspecified atom stereocenters. The SMILES string of the molecule is CC1(OC=O)CN(Cc2ccc(C3CN(c4c(Cl)cccc4Cl)C3)nc2)C1. The van der Waals surface area contributed by atoms with Crippen LogP contribution in [0, 0.1) is 0 Å². The Labute approximate surface area is 168 Å². The lowest BCUT2D eigenvalue weighted by molar-refractivity contribution is -0.161. The number of likely N-dealkylation sites (tertiary alicyclic amines) is 1. The van der Waals surface area contributed by atoms with E-state index in [-0.39, 0.29) is 5.60 Å².